The summed E-state index contributed by atoms with van der Waals surface area (Å²) in [5, 5.41) is 8.89. The van der Waals surface area contributed by atoms with Crippen molar-refractivity contribution >= 4 is 5.97 Å². The normalized spacial score (nSPS) is 4.17. The van der Waals surface area contributed by atoms with Gasteiger partial charge in [-0.2, -0.15) is 0 Å². The number of rotatable bonds is 0. The van der Waals surface area contributed by atoms with Gasteiger partial charge in [0.05, 0.1) is 0 Å². The van der Waals surface area contributed by atoms with Gasteiger partial charge >= 0.3 is 17.4 Å². The van der Waals surface area contributed by atoms with Gasteiger partial charge in [-0.1, -0.05) is 0 Å². The molecule has 0 rings (SSSR count). The van der Waals surface area contributed by atoms with Crippen LogP contribution in [0.3, 0.4) is 0 Å². The van der Waals surface area contributed by atoms with Crippen LogP contribution in [0.4, 0.5) is 0 Å². The van der Waals surface area contributed by atoms with E-state index in [1.165, 1.54) is 0 Å². The molecule has 0 aliphatic carbocycles. The van der Waals surface area contributed by atoms with Gasteiger partial charge < -0.3 is 15.4 Å². The van der Waals surface area contributed by atoms with Crippen LogP contribution in [0.1, 0.15) is 6.92 Å². The fraction of sp³-hybridized carbons (Fsp3) is 0.500. The van der Waals surface area contributed by atoms with Gasteiger partial charge in [-0.15, -0.1) is 0 Å². The summed E-state index contributed by atoms with van der Waals surface area (Å²) in [6, 6.07) is 0. The minimum Gasteiger partial charge on any atom is -0.550 e. The van der Waals surface area contributed by atoms with Crippen LogP contribution < -0.4 is 5.11 Å². The molecule has 0 bridgehead atoms. The zero-order valence-corrected chi connectivity index (χ0v) is 4.50. The molecule has 0 fully saturated rings. The average Bonchev–Trinajstić information content (AvgIpc) is 0.811. The van der Waals surface area contributed by atoms with Crippen molar-refractivity contribution in [3.8, 4) is 0 Å². The van der Waals surface area contributed by atoms with Crippen LogP contribution in [0.2, 0.25) is 0 Å². The number of aliphatic carboxylic acids is 1. The van der Waals surface area contributed by atoms with Crippen molar-refractivity contribution in [3.63, 3.8) is 0 Å². The number of carboxylic acids is 1. The standard InChI is InChI=1S/C2H4O2.Cr.H2O/c1-2(3)4;;/h1H3,(H,3,4);;1H2/q;+3;/p-1. The molecule has 0 aromatic carbocycles. The van der Waals surface area contributed by atoms with Gasteiger partial charge in [0.25, 0.3) is 0 Å². The molecule has 0 aromatic rings. The summed E-state index contributed by atoms with van der Waals surface area (Å²) < 4.78 is 0. The molecule has 2 N–H and O–H groups in total. The second kappa shape index (κ2) is 8.88. The van der Waals surface area contributed by atoms with Gasteiger partial charge in [0, 0.05) is 5.97 Å². The molecule has 35 valence electrons. The largest absolute Gasteiger partial charge is 3.00 e. The molecule has 0 unspecified atom stereocenters. The van der Waals surface area contributed by atoms with E-state index in [-0.39, 0.29) is 22.8 Å². The van der Waals surface area contributed by atoms with E-state index in [0.717, 1.165) is 6.92 Å². The molecule has 0 amide bonds. The van der Waals surface area contributed by atoms with Gasteiger partial charge in [-0.25, -0.2) is 0 Å². The first-order valence-corrected chi connectivity index (χ1v) is 0.908. The second-order valence-corrected chi connectivity index (χ2v) is 0.492. The molecule has 0 aromatic heterocycles. The topological polar surface area (TPSA) is 71.6 Å². The van der Waals surface area contributed by atoms with Crippen molar-refractivity contribution in [2.45, 2.75) is 6.92 Å². The minimum absolute atomic E-state index is 0. The number of carbonyl (C=O) groups excluding carboxylic acids is 1. The van der Waals surface area contributed by atoms with Gasteiger partial charge in [0.2, 0.25) is 0 Å². The Bertz CT molecular complexity index is 31.8. The van der Waals surface area contributed by atoms with Crippen LogP contribution in [-0.2, 0) is 22.2 Å². The summed E-state index contributed by atoms with van der Waals surface area (Å²) in [5.74, 6) is -1.08. The summed E-state index contributed by atoms with van der Waals surface area (Å²) in [6.45, 7) is 0.972. The Balaban J connectivity index is -0.0000000450. The van der Waals surface area contributed by atoms with E-state index in [0.29, 0.717) is 0 Å². The molecule has 0 aliphatic rings. The Morgan fingerprint density at radius 1 is 1.67 bits per heavy atom. The Labute approximate surface area is 46.4 Å². The van der Waals surface area contributed by atoms with Crippen LogP contribution in [0.15, 0.2) is 0 Å². The zero-order chi connectivity index (χ0) is 3.58. The average molecular weight is 129 g/mol. The molecule has 0 saturated heterocycles. The van der Waals surface area contributed by atoms with Gasteiger partial charge in [0.15, 0.2) is 0 Å². The first-order chi connectivity index (χ1) is 1.73. The molecule has 3 nitrogen and oxygen atoms in total. The molecule has 0 spiro atoms. The van der Waals surface area contributed by atoms with E-state index in [2.05, 4.69) is 0 Å². The van der Waals surface area contributed by atoms with Crippen LogP contribution >= 0.6 is 0 Å². The third-order valence-electron chi connectivity index (χ3n) is 0. The number of carbonyl (C=O) groups is 1. The molecule has 4 heteroatoms. The Kier molecular flexibility index (Phi) is 24.8. The van der Waals surface area contributed by atoms with Crippen LogP contribution in [0.5, 0.6) is 0 Å². The molecular weight excluding hydrogens is 124 g/mol. The van der Waals surface area contributed by atoms with Crippen molar-refractivity contribution < 1.29 is 32.7 Å². The molecule has 1 radical (unpaired) electrons. The fourth-order valence-electron chi connectivity index (χ4n) is 0. The van der Waals surface area contributed by atoms with E-state index in [4.69, 9.17) is 9.90 Å². The summed E-state index contributed by atoms with van der Waals surface area (Å²) in [4.78, 5) is 8.89. The predicted molar refractivity (Wildman–Crippen MR) is 14.3 cm³/mol. The monoisotopic (exact) mass is 129 g/mol. The van der Waals surface area contributed by atoms with E-state index < -0.39 is 5.97 Å². The van der Waals surface area contributed by atoms with Crippen molar-refractivity contribution in [2.24, 2.45) is 0 Å². The molecule has 0 atom stereocenters. The molecule has 0 saturated carbocycles. The maximum atomic E-state index is 8.89. The van der Waals surface area contributed by atoms with E-state index in [1.54, 1.807) is 0 Å². The quantitative estimate of drug-likeness (QED) is 0.377. The first kappa shape index (κ1) is 16.7. The van der Waals surface area contributed by atoms with E-state index in [9.17, 15) is 0 Å². The zero-order valence-electron chi connectivity index (χ0n) is 3.22. The summed E-state index contributed by atoms with van der Waals surface area (Å²) in [6.07, 6.45) is 0. The number of hydrogen-bond donors (Lipinski definition) is 0. The smallest absolute Gasteiger partial charge is 0.550 e. The maximum absolute atomic E-state index is 8.89. The van der Waals surface area contributed by atoms with Crippen molar-refractivity contribution in [1.82, 2.24) is 0 Å². The summed E-state index contributed by atoms with van der Waals surface area (Å²) >= 11 is 0. The summed E-state index contributed by atoms with van der Waals surface area (Å²) in [7, 11) is 0. The van der Waals surface area contributed by atoms with Crippen molar-refractivity contribution in [3.05, 3.63) is 0 Å². The Morgan fingerprint density at radius 3 is 1.67 bits per heavy atom. The van der Waals surface area contributed by atoms with Gasteiger partial charge in [-0.05, 0) is 6.92 Å². The maximum Gasteiger partial charge on any atom is 3.00 e. The first-order valence-electron chi connectivity index (χ1n) is 0.908. The third-order valence-corrected chi connectivity index (χ3v) is 0. The number of carboxylic acid groups (broad SMARTS) is 1. The van der Waals surface area contributed by atoms with E-state index in [1.807, 2.05) is 0 Å². The molecule has 0 heterocycles. The number of hydrogen-bond acceptors (Lipinski definition) is 2. The second-order valence-electron chi connectivity index (χ2n) is 0.492. The minimum atomic E-state index is -1.08. The predicted octanol–water partition coefficient (Wildman–Crippen LogP) is -2.07. The van der Waals surface area contributed by atoms with E-state index >= 15 is 0 Å². The van der Waals surface area contributed by atoms with Crippen molar-refractivity contribution in [2.75, 3.05) is 0 Å². The summed E-state index contributed by atoms with van der Waals surface area (Å²) in [5.41, 5.74) is 0. The third kappa shape index (κ3) is 24700. The van der Waals surface area contributed by atoms with Crippen LogP contribution in [0, 0.1) is 0 Å². The Morgan fingerprint density at radius 2 is 1.67 bits per heavy atom. The van der Waals surface area contributed by atoms with Crippen molar-refractivity contribution in [1.29, 1.82) is 0 Å². The Hall–Kier alpha value is -0.0375. The SMILES string of the molecule is CC(=O)[O-].O.[Cr+3]. The molecule has 6 heavy (non-hydrogen) atoms. The van der Waals surface area contributed by atoms with Gasteiger partial charge in [0.1, 0.15) is 0 Å². The van der Waals surface area contributed by atoms with Gasteiger partial charge in [-0.3, -0.25) is 0 Å². The van der Waals surface area contributed by atoms with Crippen LogP contribution in [0.25, 0.3) is 0 Å². The molecular formula is C2H5CrO3+2. The molecule has 0 aliphatic heterocycles. The van der Waals surface area contributed by atoms with Crippen LogP contribution in [-0.4, -0.2) is 11.4 Å². The fourth-order valence-corrected chi connectivity index (χ4v) is 0.